The summed E-state index contributed by atoms with van der Waals surface area (Å²) in [5.74, 6) is -1.21. The number of halogens is 2. The average molecular weight is 441 g/mol. The Morgan fingerprint density at radius 2 is 1.17 bits per heavy atom. The summed E-state index contributed by atoms with van der Waals surface area (Å²) in [5, 5.41) is 21.3. The summed E-state index contributed by atoms with van der Waals surface area (Å²) in [6, 6.07) is 18.3. The second kappa shape index (κ2) is 7.74. The number of ketones is 1. The van der Waals surface area contributed by atoms with E-state index in [0.29, 0.717) is 21.4 Å². The summed E-state index contributed by atoms with van der Waals surface area (Å²) in [6.07, 6.45) is 0. The normalized spacial score (nSPS) is 10.9. The predicted octanol–water partition coefficient (Wildman–Crippen LogP) is 4.58. The van der Waals surface area contributed by atoms with E-state index in [0.717, 1.165) is 0 Å². The minimum Gasteiger partial charge on any atom is -0.508 e. The Bertz CT molecular complexity index is 1290. The van der Waals surface area contributed by atoms with Crippen molar-refractivity contribution in [2.75, 3.05) is 0 Å². The van der Waals surface area contributed by atoms with Gasteiger partial charge in [-0.15, -0.1) is 0 Å². The van der Waals surface area contributed by atoms with Crippen molar-refractivity contribution >= 4 is 29.0 Å². The number of nitrogens with zero attached hydrogens (tertiary/aromatic N) is 2. The summed E-state index contributed by atoms with van der Waals surface area (Å²) in [7, 11) is 0. The summed E-state index contributed by atoms with van der Waals surface area (Å²) in [6.45, 7) is 0. The Hall–Kier alpha value is -3.48. The number of carbonyl (C=O) groups is 1. The van der Waals surface area contributed by atoms with Crippen LogP contribution in [0.5, 0.6) is 11.6 Å². The highest BCUT2D eigenvalue weighted by Gasteiger charge is 2.27. The number of aromatic nitrogens is 2. The van der Waals surface area contributed by atoms with Crippen LogP contribution in [0, 0.1) is 0 Å². The molecule has 8 heteroatoms. The lowest BCUT2D eigenvalue weighted by molar-refractivity contribution is 0.103. The molecule has 0 fully saturated rings. The van der Waals surface area contributed by atoms with Gasteiger partial charge in [-0.05, 0) is 72.8 Å². The third kappa shape index (κ3) is 3.47. The van der Waals surface area contributed by atoms with E-state index >= 15 is 0 Å². The van der Waals surface area contributed by atoms with Crippen LogP contribution >= 0.6 is 23.2 Å². The Labute approximate surface area is 180 Å². The van der Waals surface area contributed by atoms with Crippen LogP contribution in [0.1, 0.15) is 15.9 Å². The largest absolute Gasteiger partial charge is 0.508 e. The molecule has 0 spiro atoms. The highest BCUT2D eigenvalue weighted by atomic mass is 35.5. The molecule has 2 N–H and O–H groups in total. The van der Waals surface area contributed by atoms with Crippen LogP contribution in [0.25, 0.3) is 11.4 Å². The molecule has 0 aliphatic carbocycles. The van der Waals surface area contributed by atoms with Crippen LogP contribution in [0.15, 0.2) is 77.6 Å². The Morgan fingerprint density at radius 1 is 0.700 bits per heavy atom. The van der Waals surface area contributed by atoms with Crippen molar-refractivity contribution < 1.29 is 15.0 Å². The van der Waals surface area contributed by atoms with E-state index in [1.165, 1.54) is 33.6 Å². The van der Waals surface area contributed by atoms with Crippen molar-refractivity contribution in [1.29, 1.82) is 0 Å². The monoisotopic (exact) mass is 440 g/mol. The number of carbonyl (C=O) groups excluding carboxylic acids is 1. The van der Waals surface area contributed by atoms with E-state index < -0.39 is 22.8 Å². The first-order valence-corrected chi connectivity index (χ1v) is 9.55. The number of phenols is 1. The lowest BCUT2D eigenvalue weighted by atomic mass is 10.1. The molecular formula is C22H14Cl2N2O4. The molecule has 4 aromatic rings. The van der Waals surface area contributed by atoms with E-state index in [-0.39, 0.29) is 11.3 Å². The van der Waals surface area contributed by atoms with Gasteiger partial charge < -0.3 is 10.2 Å². The molecule has 0 radical (unpaired) electrons. The lowest BCUT2D eigenvalue weighted by Crippen LogP contribution is -2.23. The Kier molecular flexibility index (Phi) is 5.11. The molecular weight excluding hydrogens is 427 g/mol. The zero-order chi connectivity index (χ0) is 21.4. The zero-order valence-electron chi connectivity index (χ0n) is 15.3. The maximum absolute atomic E-state index is 13.3. The molecule has 6 nitrogen and oxygen atoms in total. The van der Waals surface area contributed by atoms with Crippen molar-refractivity contribution in [3.05, 3.63) is 104 Å². The highest BCUT2D eigenvalue weighted by molar-refractivity contribution is 6.30. The smallest absolute Gasteiger partial charge is 0.287 e. The van der Waals surface area contributed by atoms with E-state index in [1.807, 2.05) is 0 Å². The topological polar surface area (TPSA) is 84.5 Å². The van der Waals surface area contributed by atoms with Gasteiger partial charge in [-0.1, -0.05) is 23.2 Å². The number of hydrogen-bond acceptors (Lipinski definition) is 4. The second-order valence-corrected chi connectivity index (χ2v) is 7.33. The van der Waals surface area contributed by atoms with Gasteiger partial charge in [-0.25, -0.2) is 9.36 Å². The molecule has 1 heterocycles. The molecule has 30 heavy (non-hydrogen) atoms. The van der Waals surface area contributed by atoms with E-state index in [4.69, 9.17) is 23.2 Å². The number of benzene rings is 3. The molecule has 150 valence electrons. The molecule has 0 saturated carbocycles. The maximum Gasteiger partial charge on any atom is 0.287 e. The van der Waals surface area contributed by atoms with Crippen LogP contribution < -0.4 is 5.56 Å². The summed E-state index contributed by atoms with van der Waals surface area (Å²) >= 11 is 11.9. The van der Waals surface area contributed by atoms with Crippen LogP contribution in [-0.4, -0.2) is 25.4 Å². The van der Waals surface area contributed by atoms with E-state index in [2.05, 4.69) is 0 Å². The lowest BCUT2D eigenvalue weighted by Gasteiger charge is -2.12. The molecule has 0 aliphatic rings. The molecule has 4 rings (SSSR count). The number of hydrogen-bond donors (Lipinski definition) is 2. The fourth-order valence-electron chi connectivity index (χ4n) is 3.08. The van der Waals surface area contributed by atoms with Crippen molar-refractivity contribution in [3.63, 3.8) is 0 Å². The van der Waals surface area contributed by atoms with Gasteiger partial charge in [0.05, 0.1) is 11.4 Å². The van der Waals surface area contributed by atoms with Crippen LogP contribution in [0.4, 0.5) is 0 Å². The van der Waals surface area contributed by atoms with Gasteiger partial charge in [-0.3, -0.25) is 9.59 Å². The van der Waals surface area contributed by atoms with Gasteiger partial charge in [0.15, 0.2) is 5.56 Å². The third-order valence-corrected chi connectivity index (χ3v) is 5.03. The molecule has 3 aromatic carbocycles. The minimum atomic E-state index is -0.706. The van der Waals surface area contributed by atoms with Crippen LogP contribution in [0.3, 0.4) is 0 Å². The van der Waals surface area contributed by atoms with Crippen molar-refractivity contribution in [2.24, 2.45) is 0 Å². The van der Waals surface area contributed by atoms with Crippen molar-refractivity contribution in [2.45, 2.75) is 0 Å². The number of aromatic hydroxyl groups is 2. The Balaban J connectivity index is 1.98. The number of phenolic OH excluding ortho intramolecular Hbond substituents is 1. The Morgan fingerprint density at radius 3 is 1.67 bits per heavy atom. The summed E-state index contributed by atoms with van der Waals surface area (Å²) < 4.78 is 2.41. The van der Waals surface area contributed by atoms with Gasteiger partial charge in [0, 0.05) is 15.6 Å². The number of rotatable bonds is 4. The SMILES string of the molecule is O=C(c1ccc(O)cc1)c1c(O)n(-c2ccc(Cl)cc2)n(-c2ccc(Cl)cc2)c1=O. The second-order valence-electron chi connectivity index (χ2n) is 6.46. The first kappa shape index (κ1) is 19.8. The first-order chi connectivity index (χ1) is 14.4. The molecule has 0 atom stereocenters. The highest BCUT2D eigenvalue weighted by Crippen LogP contribution is 2.27. The first-order valence-electron chi connectivity index (χ1n) is 8.79. The predicted molar refractivity (Wildman–Crippen MR) is 115 cm³/mol. The maximum atomic E-state index is 13.3. The van der Waals surface area contributed by atoms with Crippen molar-refractivity contribution in [3.8, 4) is 23.0 Å². The van der Waals surface area contributed by atoms with E-state index in [9.17, 15) is 19.8 Å². The fourth-order valence-corrected chi connectivity index (χ4v) is 3.34. The summed E-state index contributed by atoms with van der Waals surface area (Å²) in [4.78, 5) is 26.3. The van der Waals surface area contributed by atoms with Gasteiger partial charge >= 0.3 is 0 Å². The van der Waals surface area contributed by atoms with Crippen molar-refractivity contribution in [1.82, 2.24) is 9.36 Å². The van der Waals surface area contributed by atoms with Gasteiger partial charge in [-0.2, -0.15) is 0 Å². The van der Waals surface area contributed by atoms with Gasteiger partial charge in [0.1, 0.15) is 5.75 Å². The molecule has 0 saturated heterocycles. The van der Waals surface area contributed by atoms with Crippen LogP contribution in [-0.2, 0) is 0 Å². The van der Waals surface area contributed by atoms with E-state index in [1.54, 1.807) is 48.5 Å². The third-order valence-electron chi connectivity index (χ3n) is 4.53. The zero-order valence-corrected chi connectivity index (χ0v) is 16.8. The summed E-state index contributed by atoms with van der Waals surface area (Å²) in [5.41, 5.74) is -0.127. The standard InChI is InChI=1S/C22H14Cl2N2O4/c23-14-3-7-16(8-4-14)25-21(29)19(20(28)13-1-11-18(27)12-2-13)22(30)26(25)17-9-5-15(24)6-10-17/h1-12,27,29H. The molecule has 1 aromatic heterocycles. The molecule has 0 bridgehead atoms. The van der Waals surface area contributed by atoms with Gasteiger partial charge in [0.25, 0.3) is 5.56 Å². The average Bonchev–Trinajstić information content (AvgIpc) is 2.99. The fraction of sp³-hybridized carbons (Fsp3) is 0. The molecule has 0 aliphatic heterocycles. The molecule has 0 amide bonds. The quantitative estimate of drug-likeness (QED) is 0.455. The van der Waals surface area contributed by atoms with Gasteiger partial charge in [0.2, 0.25) is 11.7 Å². The minimum absolute atomic E-state index is 0.0203. The molecule has 0 unspecified atom stereocenters. The van der Waals surface area contributed by atoms with Crippen LogP contribution in [0.2, 0.25) is 10.0 Å².